The summed E-state index contributed by atoms with van der Waals surface area (Å²) in [7, 11) is 0. The molecule has 0 radical (unpaired) electrons. The fourth-order valence-corrected chi connectivity index (χ4v) is 4.64. The first-order valence-electron chi connectivity index (χ1n) is 10.6. The van der Waals surface area contributed by atoms with Crippen molar-refractivity contribution in [1.29, 1.82) is 0 Å². The van der Waals surface area contributed by atoms with Crippen LogP contribution < -0.4 is 5.32 Å². The number of hydrogen-bond donors (Lipinski definition) is 2. The molecule has 2 aromatic heterocycles. The van der Waals surface area contributed by atoms with Crippen molar-refractivity contribution in [2.75, 3.05) is 18.4 Å². The third-order valence-electron chi connectivity index (χ3n) is 6.13. The van der Waals surface area contributed by atoms with E-state index in [0.29, 0.717) is 17.7 Å². The highest BCUT2D eigenvalue weighted by Crippen LogP contribution is 2.37. The number of carbonyl (C=O) groups is 2. The number of piperidine rings is 1. The average Bonchev–Trinajstić information content (AvgIpc) is 3.33. The van der Waals surface area contributed by atoms with Gasteiger partial charge in [0.15, 0.2) is 0 Å². The van der Waals surface area contributed by atoms with Crippen LogP contribution in [0, 0.1) is 13.8 Å². The zero-order valence-electron chi connectivity index (χ0n) is 17.6. The molecule has 0 bridgehead atoms. The van der Waals surface area contributed by atoms with Gasteiger partial charge in [0, 0.05) is 40.5 Å². The highest BCUT2D eigenvalue weighted by Gasteiger charge is 2.20. The number of hydrogen-bond acceptors (Lipinski definition) is 4. The number of aromatic amines is 1. The van der Waals surface area contributed by atoms with E-state index in [1.165, 1.54) is 6.42 Å². The first-order chi connectivity index (χ1) is 15.1. The van der Waals surface area contributed by atoms with Gasteiger partial charge in [-0.05, 0) is 62.9 Å². The van der Waals surface area contributed by atoms with Gasteiger partial charge >= 0.3 is 0 Å². The lowest BCUT2D eigenvalue weighted by Gasteiger charge is -2.26. The third-order valence-corrected chi connectivity index (χ3v) is 6.13. The molecule has 3 heterocycles. The molecule has 158 valence electrons. The molecule has 2 N–H and O–H groups in total. The summed E-state index contributed by atoms with van der Waals surface area (Å²) in [5.74, 6) is 0.797. The highest BCUT2D eigenvalue weighted by molar-refractivity contribution is 6.15. The van der Waals surface area contributed by atoms with Gasteiger partial charge in [0.1, 0.15) is 5.76 Å². The fourth-order valence-electron chi connectivity index (χ4n) is 4.64. The minimum absolute atomic E-state index is 0.0721. The lowest BCUT2D eigenvalue weighted by Crippen LogP contribution is -2.35. The Labute approximate surface area is 179 Å². The number of fused-ring (bicyclic) bond motifs is 3. The van der Waals surface area contributed by atoms with Gasteiger partial charge in [0.05, 0.1) is 16.9 Å². The van der Waals surface area contributed by atoms with Gasteiger partial charge in [-0.3, -0.25) is 9.59 Å². The average molecular weight is 416 g/mol. The molecule has 4 aromatic rings. The Balaban J connectivity index is 1.66. The standard InChI is InChI=1S/C24H24N4O3/c1-14-22(15(2)31-27-14)17-10-19-18-7-6-16(24(30)28-8-4-3-5-9-28)11-20(18)26-23(19)21(12-17)25-13-29/h6-7,10-13,26H,3-5,8-9H2,1-2H3,(H,25,29). The molecular weight excluding hydrogens is 392 g/mol. The minimum atomic E-state index is 0.0721. The van der Waals surface area contributed by atoms with Crippen molar-refractivity contribution in [3.8, 4) is 11.1 Å². The van der Waals surface area contributed by atoms with Crippen molar-refractivity contribution in [1.82, 2.24) is 15.0 Å². The molecule has 0 spiro atoms. The van der Waals surface area contributed by atoms with E-state index in [1.54, 1.807) is 0 Å². The third kappa shape index (κ3) is 3.26. The highest BCUT2D eigenvalue weighted by atomic mass is 16.5. The van der Waals surface area contributed by atoms with Crippen LogP contribution in [-0.4, -0.2) is 40.4 Å². The predicted molar refractivity (Wildman–Crippen MR) is 120 cm³/mol. The van der Waals surface area contributed by atoms with Gasteiger partial charge in [0.25, 0.3) is 5.91 Å². The fraction of sp³-hybridized carbons (Fsp3) is 0.292. The number of nitrogens with zero attached hydrogens (tertiary/aromatic N) is 2. The molecule has 0 atom stereocenters. The van der Waals surface area contributed by atoms with Crippen LogP contribution in [0.3, 0.4) is 0 Å². The van der Waals surface area contributed by atoms with Crippen LogP contribution in [0.2, 0.25) is 0 Å². The monoisotopic (exact) mass is 416 g/mol. The largest absolute Gasteiger partial charge is 0.361 e. The van der Waals surface area contributed by atoms with E-state index in [-0.39, 0.29) is 5.91 Å². The van der Waals surface area contributed by atoms with Gasteiger partial charge in [-0.1, -0.05) is 11.2 Å². The molecule has 31 heavy (non-hydrogen) atoms. The van der Waals surface area contributed by atoms with Gasteiger partial charge in [0.2, 0.25) is 6.41 Å². The molecule has 2 aromatic carbocycles. The summed E-state index contributed by atoms with van der Waals surface area (Å²) in [6.07, 6.45) is 3.98. The van der Waals surface area contributed by atoms with E-state index in [1.807, 2.05) is 43.0 Å². The van der Waals surface area contributed by atoms with Gasteiger partial charge in [-0.15, -0.1) is 0 Å². The normalized spacial score (nSPS) is 14.3. The second-order valence-electron chi connectivity index (χ2n) is 8.15. The molecule has 7 nitrogen and oxygen atoms in total. The number of aryl methyl sites for hydroxylation is 2. The number of anilines is 1. The van der Waals surface area contributed by atoms with E-state index in [2.05, 4.69) is 21.5 Å². The SMILES string of the molecule is Cc1noc(C)c1-c1cc(NC=O)c2[nH]c3cc(C(=O)N4CCCCC4)ccc3c2c1. The number of benzene rings is 2. The number of rotatable bonds is 4. The first-order valence-corrected chi connectivity index (χ1v) is 10.6. The topological polar surface area (TPSA) is 91.2 Å². The van der Waals surface area contributed by atoms with Crippen molar-refractivity contribution < 1.29 is 14.1 Å². The minimum Gasteiger partial charge on any atom is -0.361 e. The van der Waals surface area contributed by atoms with Crippen molar-refractivity contribution in [2.45, 2.75) is 33.1 Å². The van der Waals surface area contributed by atoms with Crippen LogP contribution in [0.15, 0.2) is 34.9 Å². The van der Waals surface area contributed by atoms with Crippen LogP contribution in [0.5, 0.6) is 0 Å². The molecular formula is C24H24N4O3. The molecule has 1 aliphatic rings. The Morgan fingerprint density at radius 2 is 1.94 bits per heavy atom. The summed E-state index contributed by atoms with van der Waals surface area (Å²) >= 11 is 0. The van der Waals surface area contributed by atoms with Crippen LogP contribution in [-0.2, 0) is 4.79 Å². The lowest BCUT2D eigenvalue weighted by molar-refractivity contribution is -0.105. The Morgan fingerprint density at radius 1 is 1.13 bits per heavy atom. The van der Waals surface area contributed by atoms with E-state index in [4.69, 9.17) is 4.52 Å². The Bertz CT molecular complexity index is 1290. The number of likely N-dealkylation sites (tertiary alicyclic amines) is 1. The van der Waals surface area contributed by atoms with Crippen molar-refractivity contribution in [3.05, 3.63) is 47.3 Å². The van der Waals surface area contributed by atoms with Gasteiger partial charge in [-0.2, -0.15) is 0 Å². The molecule has 2 amide bonds. The number of carbonyl (C=O) groups excluding carboxylic acids is 2. The molecule has 0 saturated carbocycles. The maximum Gasteiger partial charge on any atom is 0.253 e. The summed E-state index contributed by atoms with van der Waals surface area (Å²) < 4.78 is 5.34. The van der Waals surface area contributed by atoms with E-state index >= 15 is 0 Å². The molecule has 1 aliphatic heterocycles. The predicted octanol–water partition coefficient (Wildman–Crippen LogP) is 4.79. The molecule has 0 unspecified atom stereocenters. The number of amides is 2. The Morgan fingerprint density at radius 3 is 2.65 bits per heavy atom. The number of aromatic nitrogens is 2. The first kappa shape index (κ1) is 19.4. The second kappa shape index (κ2) is 7.58. The Kier molecular flexibility index (Phi) is 4.73. The van der Waals surface area contributed by atoms with E-state index in [0.717, 1.165) is 70.3 Å². The molecule has 5 rings (SSSR count). The zero-order chi connectivity index (χ0) is 21.5. The van der Waals surface area contributed by atoms with Crippen LogP contribution in [0.4, 0.5) is 5.69 Å². The van der Waals surface area contributed by atoms with Gasteiger partial charge in [-0.25, -0.2) is 0 Å². The van der Waals surface area contributed by atoms with Crippen molar-refractivity contribution in [3.63, 3.8) is 0 Å². The summed E-state index contributed by atoms with van der Waals surface area (Å²) in [4.78, 5) is 29.6. The summed E-state index contributed by atoms with van der Waals surface area (Å²) in [5.41, 5.74) is 5.66. The smallest absolute Gasteiger partial charge is 0.253 e. The van der Waals surface area contributed by atoms with Crippen molar-refractivity contribution >= 4 is 39.8 Å². The number of H-pyrrole nitrogens is 1. The molecule has 7 heteroatoms. The maximum absolute atomic E-state index is 12.9. The number of nitrogens with one attached hydrogen (secondary N) is 2. The second-order valence-corrected chi connectivity index (χ2v) is 8.15. The summed E-state index contributed by atoms with van der Waals surface area (Å²) in [5, 5.41) is 8.82. The van der Waals surface area contributed by atoms with E-state index < -0.39 is 0 Å². The maximum atomic E-state index is 12.9. The Hall–Kier alpha value is -3.61. The van der Waals surface area contributed by atoms with Crippen molar-refractivity contribution in [2.24, 2.45) is 0 Å². The van der Waals surface area contributed by atoms with Crippen LogP contribution in [0.25, 0.3) is 32.9 Å². The molecule has 1 saturated heterocycles. The van der Waals surface area contributed by atoms with Crippen LogP contribution >= 0.6 is 0 Å². The lowest BCUT2D eigenvalue weighted by atomic mass is 10.00. The van der Waals surface area contributed by atoms with E-state index in [9.17, 15) is 9.59 Å². The van der Waals surface area contributed by atoms with Gasteiger partial charge < -0.3 is 19.7 Å². The summed E-state index contributed by atoms with van der Waals surface area (Å²) in [6, 6.07) is 9.77. The molecule has 0 aliphatic carbocycles. The molecule has 1 fully saturated rings. The zero-order valence-corrected chi connectivity index (χ0v) is 17.6. The summed E-state index contributed by atoms with van der Waals surface area (Å²) in [6.45, 7) is 5.41. The quantitative estimate of drug-likeness (QED) is 0.468. The van der Waals surface area contributed by atoms with Crippen LogP contribution in [0.1, 0.15) is 41.1 Å².